The highest BCUT2D eigenvalue weighted by Gasteiger charge is 2.33. The van der Waals surface area contributed by atoms with Gasteiger partial charge in [0.15, 0.2) is 23.8 Å². The van der Waals surface area contributed by atoms with Crippen LogP contribution in [0.4, 0.5) is 23.4 Å². The zero-order chi connectivity index (χ0) is 15.8. The predicted octanol–water partition coefficient (Wildman–Crippen LogP) is 2.95. The van der Waals surface area contributed by atoms with Gasteiger partial charge in [0.05, 0.1) is 6.33 Å². The molecule has 0 unspecified atom stereocenters. The Morgan fingerprint density at radius 1 is 1.19 bits per heavy atom. The van der Waals surface area contributed by atoms with Crippen molar-refractivity contribution in [1.29, 1.82) is 0 Å². The molecule has 0 aliphatic carbocycles. The second-order valence-electron chi connectivity index (χ2n) is 5.65. The van der Waals surface area contributed by atoms with Crippen LogP contribution in [0.25, 0.3) is 11.2 Å². The number of imidazole rings is 1. The Morgan fingerprint density at radius 2 is 1.86 bits per heavy atom. The molecule has 0 fully saturated rings. The second-order valence-corrected chi connectivity index (χ2v) is 5.65. The number of H-pyrrole nitrogens is 1. The summed E-state index contributed by atoms with van der Waals surface area (Å²) in [4.78, 5) is 15.4. The lowest BCUT2D eigenvalue weighted by molar-refractivity contribution is -0.120. The van der Waals surface area contributed by atoms with Gasteiger partial charge in [0, 0.05) is 5.41 Å². The number of nitrogens with one attached hydrogen (secondary N) is 1. The van der Waals surface area contributed by atoms with Crippen LogP contribution < -0.4 is 4.90 Å². The number of nitrogens with zero attached hydrogens (tertiary/aromatic N) is 4. The molecule has 21 heavy (non-hydrogen) atoms. The Hall–Kier alpha value is -1.93. The van der Waals surface area contributed by atoms with E-state index in [0.29, 0.717) is 10.7 Å². The number of alkyl halides is 4. The fourth-order valence-electron chi connectivity index (χ4n) is 1.77. The lowest BCUT2D eigenvalue weighted by Crippen LogP contribution is -2.35. The van der Waals surface area contributed by atoms with Gasteiger partial charge in [0.2, 0.25) is 0 Å². The molecule has 0 radical (unpaired) electrons. The highest BCUT2D eigenvalue weighted by atomic mass is 19.4. The molecule has 1 N–H and O–H groups in total. The summed E-state index contributed by atoms with van der Waals surface area (Å²) < 4.78 is 50.7. The topological polar surface area (TPSA) is 57.7 Å². The van der Waals surface area contributed by atoms with Crippen LogP contribution in [0.15, 0.2) is 6.33 Å². The lowest BCUT2D eigenvalue weighted by Gasteiger charge is -2.24. The summed E-state index contributed by atoms with van der Waals surface area (Å²) in [6.07, 6.45) is -3.25. The summed E-state index contributed by atoms with van der Waals surface area (Å²) in [6.45, 7) is 2.70. The maximum Gasteiger partial charge on any atom is 0.406 e. The van der Waals surface area contributed by atoms with E-state index in [1.807, 2.05) is 20.8 Å². The normalized spacial score (nSPS) is 12.9. The van der Waals surface area contributed by atoms with Crippen molar-refractivity contribution in [3.63, 3.8) is 0 Å². The van der Waals surface area contributed by atoms with E-state index in [1.54, 1.807) is 0 Å². The lowest BCUT2D eigenvalue weighted by atomic mass is 9.96. The first kappa shape index (κ1) is 15.5. The number of fused-ring (bicyclic) bond motifs is 1. The second kappa shape index (κ2) is 5.12. The zero-order valence-corrected chi connectivity index (χ0v) is 11.8. The molecule has 0 aromatic carbocycles. The number of anilines is 1. The maximum atomic E-state index is 13.1. The number of halogens is 4. The number of hydrogen-bond donors (Lipinski definition) is 1. The van der Waals surface area contributed by atoms with E-state index in [1.165, 1.54) is 6.33 Å². The molecule has 0 saturated carbocycles. The number of rotatable bonds is 3. The third kappa shape index (κ3) is 3.40. The molecule has 0 amide bonds. The van der Waals surface area contributed by atoms with E-state index in [4.69, 9.17) is 0 Å². The van der Waals surface area contributed by atoms with Crippen molar-refractivity contribution in [2.24, 2.45) is 0 Å². The van der Waals surface area contributed by atoms with Crippen molar-refractivity contribution in [3.8, 4) is 0 Å². The summed E-state index contributed by atoms with van der Waals surface area (Å²) in [5, 5.41) is 0. The molecule has 0 bridgehead atoms. The molecule has 2 aromatic heterocycles. The fourth-order valence-corrected chi connectivity index (χ4v) is 1.77. The molecule has 2 aromatic rings. The van der Waals surface area contributed by atoms with Crippen molar-refractivity contribution < 1.29 is 17.6 Å². The van der Waals surface area contributed by atoms with Crippen LogP contribution in [-0.2, 0) is 5.41 Å². The van der Waals surface area contributed by atoms with Crippen LogP contribution in [0.2, 0.25) is 0 Å². The van der Waals surface area contributed by atoms with Gasteiger partial charge in [-0.25, -0.2) is 19.3 Å². The Labute approximate surface area is 118 Å². The summed E-state index contributed by atoms with van der Waals surface area (Å²) in [5.41, 5.74) is -0.0932. The van der Waals surface area contributed by atoms with E-state index in [9.17, 15) is 17.6 Å². The average molecular weight is 305 g/mol. The highest BCUT2D eigenvalue weighted by molar-refractivity contribution is 5.83. The molecule has 0 saturated heterocycles. The molecule has 0 aliphatic rings. The molecule has 0 atom stereocenters. The van der Waals surface area contributed by atoms with Gasteiger partial charge in [-0.15, -0.1) is 0 Å². The van der Waals surface area contributed by atoms with Crippen LogP contribution in [0, 0.1) is 0 Å². The van der Waals surface area contributed by atoms with E-state index in [0.717, 1.165) is 0 Å². The van der Waals surface area contributed by atoms with Crippen molar-refractivity contribution in [3.05, 3.63) is 12.2 Å². The molecule has 0 spiro atoms. The standard InChI is InChI=1S/C12H15F4N5/c1-11(2,3)10-19-8-7(17-6-18-8)9(20-10)21(5-13)4-12(14,15)16/h6H,4-5H2,1-3H3,(H,17,18,19,20). The van der Waals surface area contributed by atoms with E-state index < -0.39 is 24.9 Å². The largest absolute Gasteiger partial charge is 0.406 e. The molecule has 9 heteroatoms. The van der Waals surface area contributed by atoms with Crippen LogP contribution in [0.5, 0.6) is 0 Å². The first-order valence-corrected chi connectivity index (χ1v) is 6.21. The van der Waals surface area contributed by atoms with Crippen LogP contribution >= 0.6 is 0 Å². The van der Waals surface area contributed by atoms with Gasteiger partial charge in [0.1, 0.15) is 12.4 Å². The molecular formula is C12H15F4N5. The predicted molar refractivity (Wildman–Crippen MR) is 69.8 cm³/mol. The Kier molecular flexibility index (Phi) is 3.77. The summed E-state index contributed by atoms with van der Waals surface area (Å²) in [5.74, 6) is 0.154. The van der Waals surface area contributed by atoms with Gasteiger partial charge in [0.25, 0.3) is 0 Å². The molecular weight excluding hydrogens is 290 g/mol. The Bertz CT molecular complexity index is 629. The van der Waals surface area contributed by atoms with Crippen LogP contribution in [0.3, 0.4) is 0 Å². The van der Waals surface area contributed by atoms with E-state index in [2.05, 4.69) is 19.9 Å². The van der Waals surface area contributed by atoms with Gasteiger partial charge < -0.3 is 9.88 Å². The smallest absolute Gasteiger partial charge is 0.329 e. The monoisotopic (exact) mass is 305 g/mol. The zero-order valence-electron chi connectivity index (χ0n) is 11.8. The molecule has 5 nitrogen and oxygen atoms in total. The van der Waals surface area contributed by atoms with E-state index in [-0.39, 0.29) is 17.0 Å². The first-order chi connectivity index (χ1) is 9.62. The van der Waals surface area contributed by atoms with Gasteiger partial charge in [-0.3, -0.25) is 0 Å². The van der Waals surface area contributed by atoms with E-state index >= 15 is 0 Å². The van der Waals surface area contributed by atoms with Gasteiger partial charge in [-0.1, -0.05) is 20.8 Å². The fraction of sp³-hybridized carbons (Fsp3) is 0.583. The van der Waals surface area contributed by atoms with Crippen molar-refractivity contribution in [2.75, 3.05) is 18.2 Å². The van der Waals surface area contributed by atoms with Crippen molar-refractivity contribution in [2.45, 2.75) is 32.4 Å². The quantitative estimate of drug-likeness (QED) is 0.699. The van der Waals surface area contributed by atoms with Crippen LogP contribution in [0.1, 0.15) is 26.6 Å². The molecule has 0 aliphatic heterocycles. The summed E-state index contributed by atoms with van der Waals surface area (Å²) in [6, 6.07) is 0. The molecule has 2 rings (SSSR count). The molecule has 116 valence electrons. The highest BCUT2D eigenvalue weighted by Crippen LogP contribution is 2.28. The van der Waals surface area contributed by atoms with Gasteiger partial charge in [-0.2, -0.15) is 13.2 Å². The van der Waals surface area contributed by atoms with Crippen LogP contribution in [-0.4, -0.2) is 39.5 Å². The summed E-state index contributed by atoms with van der Waals surface area (Å²) in [7, 11) is 0. The van der Waals surface area contributed by atoms with Gasteiger partial charge in [-0.05, 0) is 0 Å². The van der Waals surface area contributed by atoms with Crippen molar-refractivity contribution >= 4 is 17.0 Å². The van der Waals surface area contributed by atoms with Crippen molar-refractivity contribution in [1.82, 2.24) is 19.9 Å². The number of hydrogen-bond acceptors (Lipinski definition) is 4. The number of aromatic nitrogens is 4. The minimum absolute atomic E-state index is 0.116. The summed E-state index contributed by atoms with van der Waals surface area (Å²) >= 11 is 0. The Morgan fingerprint density at radius 3 is 2.38 bits per heavy atom. The first-order valence-electron chi connectivity index (χ1n) is 6.21. The minimum atomic E-state index is -4.54. The minimum Gasteiger partial charge on any atom is -0.329 e. The Balaban J connectivity index is 2.57. The molecule has 2 heterocycles. The SMILES string of the molecule is CC(C)(C)c1nc(N(CF)CC(F)(F)F)c2nc[nH]c2n1. The third-order valence-electron chi connectivity index (χ3n) is 2.75. The van der Waals surface area contributed by atoms with Gasteiger partial charge >= 0.3 is 6.18 Å². The average Bonchev–Trinajstić information content (AvgIpc) is 2.80. The number of aromatic amines is 1. The third-order valence-corrected chi connectivity index (χ3v) is 2.75. The maximum absolute atomic E-state index is 13.1.